The monoisotopic (exact) mass is 464 g/mol. The molecule has 0 saturated carbocycles. The fourth-order valence-electron chi connectivity index (χ4n) is 3.71. The Morgan fingerprint density at radius 2 is 1.48 bits per heavy atom. The minimum absolute atomic E-state index is 0.159. The molecular formula is C23H32N2O4S2. The Balaban J connectivity index is 1.71. The molecule has 3 rings (SSSR count). The molecule has 31 heavy (non-hydrogen) atoms. The molecule has 0 amide bonds. The summed E-state index contributed by atoms with van der Waals surface area (Å²) in [5.74, 6) is 0. The van der Waals surface area contributed by atoms with Crippen molar-refractivity contribution in [2.75, 3.05) is 13.1 Å². The molecule has 2 aromatic carbocycles. The van der Waals surface area contributed by atoms with E-state index in [1.807, 2.05) is 39.8 Å². The molecule has 6 nitrogen and oxygen atoms in total. The molecule has 0 unspecified atom stereocenters. The number of nitrogens with one attached hydrogen (secondary N) is 1. The molecule has 0 spiro atoms. The van der Waals surface area contributed by atoms with Crippen LogP contribution in [0.25, 0.3) is 0 Å². The highest BCUT2D eigenvalue weighted by Gasteiger charge is 2.32. The molecule has 0 bridgehead atoms. The number of benzene rings is 2. The van der Waals surface area contributed by atoms with Crippen LogP contribution in [-0.4, -0.2) is 40.3 Å². The van der Waals surface area contributed by atoms with Gasteiger partial charge in [0.1, 0.15) is 0 Å². The predicted octanol–water partition coefficient (Wildman–Crippen LogP) is 3.73. The molecule has 1 N–H and O–H groups in total. The maximum atomic E-state index is 13.1. The second-order valence-electron chi connectivity index (χ2n) is 9.34. The second kappa shape index (κ2) is 8.65. The molecular weight excluding hydrogens is 432 g/mol. The Kier molecular flexibility index (Phi) is 6.68. The van der Waals surface area contributed by atoms with Crippen LogP contribution in [0.5, 0.6) is 0 Å². The van der Waals surface area contributed by atoms with Crippen LogP contribution in [-0.2, 0) is 25.5 Å². The largest absolute Gasteiger partial charge is 0.243 e. The van der Waals surface area contributed by atoms with Crippen LogP contribution < -0.4 is 4.72 Å². The first-order chi connectivity index (χ1) is 14.3. The molecule has 2 aromatic rings. The van der Waals surface area contributed by atoms with Crippen molar-refractivity contribution in [1.82, 2.24) is 9.03 Å². The number of hydrogen-bond acceptors (Lipinski definition) is 4. The van der Waals surface area contributed by atoms with Gasteiger partial charge in [-0.05, 0) is 61.4 Å². The highest BCUT2D eigenvalue weighted by atomic mass is 32.2. The van der Waals surface area contributed by atoms with Crippen molar-refractivity contribution in [2.45, 2.75) is 68.7 Å². The quantitative estimate of drug-likeness (QED) is 0.731. The van der Waals surface area contributed by atoms with Gasteiger partial charge in [0.2, 0.25) is 20.0 Å². The normalized spacial score (nSPS) is 17.1. The van der Waals surface area contributed by atoms with Crippen LogP contribution >= 0.6 is 0 Å². The molecule has 0 radical (unpaired) electrons. The summed E-state index contributed by atoms with van der Waals surface area (Å²) in [6.07, 6.45) is 0.866. The van der Waals surface area contributed by atoms with Gasteiger partial charge in [0, 0.05) is 19.1 Å². The molecule has 1 heterocycles. The van der Waals surface area contributed by atoms with Crippen LogP contribution in [0, 0.1) is 13.8 Å². The zero-order valence-corrected chi connectivity index (χ0v) is 20.5. The van der Waals surface area contributed by atoms with E-state index in [0.717, 1.165) is 11.1 Å². The van der Waals surface area contributed by atoms with Crippen molar-refractivity contribution in [1.29, 1.82) is 0 Å². The van der Waals surface area contributed by atoms with Gasteiger partial charge in [0.25, 0.3) is 0 Å². The van der Waals surface area contributed by atoms with Crippen LogP contribution in [0.2, 0.25) is 0 Å². The molecule has 0 aromatic heterocycles. The van der Waals surface area contributed by atoms with Gasteiger partial charge in [-0.25, -0.2) is 21.6 Å². The van der Waals surface area contributed by atoms with E-state index in [9.17, 15) is 16.8 Å². The molecule has 8 heteroatoms. The van der Waals surface area contributed by atoms with Crippen molar-refractivity contribution in [3.63, 3.8) is 0 Å². The van der Waals surface area contributed by atoms with Crippen LogP contribution in [0.15, 0.2) is 52.3 Å². The SMILES string of the molecule is Cc1ccc(S(=O)(=O)N2CCC(NS(=O)(=O)c3cc(C(C)(C)C)ccc3C)CC2)cc1. The Hall–Kier alpha value is -1.74. The van der Waals surface area contributed by atoms with E-state index in [1.54, 1.807) is 37.3 Å². The van der Waals surface area contributed by atoms with E-state index in [1.165, 1.54) is 4.31 Å². The van der Waals surface area contributed by atoms with E-state index < -0.39 is 20.0 Å². The third kappa shape index (κ3) is 5.37. The summed E-state index contributed by atoms with van der Waals surface area (Å²) in [6.45, 7) is 10.4. The van der Waals surface area contributed by atoms with Gasteiger partial charge in [-0.2, -0.15) is 4.31 Å². The average Bonchev–Trinajstić information content (AvgIpc) is 2.67. The summed E-state index contributed by atoms with van der Waals surface area (Å²) >= 11 is 0. The summed E-state index contributed by atoms with van der Waals surface area (Å²) in [4.78, 5) is 0.557. The lowest BCUT2D eigenvalue weighted by Crippen LogP contribution is -2.46. The van der Waals surface area contributed by atoms with Gasteiger partial charge in [-0.15, -0.1) is 0 Å². The van der Waals surface area contributed by atoms with Crippen LogP contribution in [0.1, 0.15) is 50.3 Å². The standard InChI is InChI=1S/C23H32N2O4S2/c1-17-6-10-21(11-7-17)31(28,29)25-14-12-20(13-15-25)24-30(26,27)22-16-19(23(3,4)5)9-8-18(22)2/h6-11,16,20,24H,12-15H2,1-5H3. The van der Waals surface area contributed by atoms with Crippen molar-refractivity contribution in [2.24, 2.45) is 0 Å². The average molecular weight is 465 g/mol. The Bertz CT molecular complexity index is 1140. The maximum Gasteiger partial charge on any atom is 0.243 e. The van der Waals surface area contributed by atoms with Crippen LogP contribution in [0.4, 0.5) is 0 Å². The summed E-state index contributed by atoms with van der Waals surface area (Å²) < 4.78 is 56.2. The molecule has 1 fully saturated rings. The summed E-state index contributed by atoms with van der Waals surface area (Å²) in [5, 5.41) is 0. The number of aryl methyl sites for hydroxylation is 2. The highest BCUT2D eigenvalue weighted by molar-refractivity contribution is 7.89. The lowest BCUT2D eigenvalue weighted by Gasteiger charge is -2.31. The topological polar surface area (TPSA) is 83.6 Å². The van der Waals surface area contributed by atoms with Crippen molar-refractivity contribution in [3.8, 4) is 0 Å². The first-order valence-corrected chi connectivity index (χ1v) is 13.4. The Morgan fingerprint density at radius 1 is 0.903 bits per heavy atom. The third-order valence-corrected chi connectivity index (χ3v) is 9.35. The fourth-order valence-corrected chi connectivity index (χ4v) is 6.76. The van der Waals surface area contributed by atoms with E-state index in [4.69, 9.17) is 0 Å². The molecule has 1 aliphatic heterocycles. The van der Waals surface area contributed by atoms with Crippen LogP contribution in [0.3, 0.4) is 0 Å². The molecule has 0 atom stereocenters. The minimum Gasteiger partial charge on any atom is -0.208 e. The number of nitrogens with zero attached hydrogens (tertiary/aromatic N) is 1. The van der Waals surface area contributed by atoms with Gasteiger partial charge in [-0.3, -0.25) is 0 Å². The number of piperidine rings is 1. The Morgan fingerprint density at radius 3 is 2.03 bits per heavy atom. The lowest BCUT2D eigenvalue weighted by molar-refractivity contribution is 0.308. The van der Waals surface area contributed by atoms with E-state index in [0.29, 0.717) is 18.4 Å². The van der Waals surface area contributed by atoms with Crippen molar-refractivity contribution >= 4 is 20.0 Å². The van der Waals surface area contributed by atoms with Crippen molar-refractivity contribution < 1.29 is 16.8 Å². The highest BCUT2D eigenvalue weighted by Crippen LogP contribution is 2.28. The predicted molar refractivity (Wildman–Crippen MR) is 123 cm³/mol. The zero-order valence-electron chi connectivity index (χ0n) is 18.8. The first-order valence-electron chi connectivity index (χ1n) is 10.5. The molecule has 0 aliphatic carbocycles. The summed E-state index contributed by atoms with van der Waals surface area (Å²) in [7, 11) is -7.27. The van der Waals surface area contributed by atoms with Gasteiger partial charge in [0.15, 0.2) is 0 Å². The number of rotatable bonds is 5. The van der Waals surface area contributed by atoms with Gasteiger partial charge in [0.05, 0.1) is 9.79 Å². The molecule has 1 saturated heterocycles. The van der Waals surface area contributed by atoms with E-state index in [-0.39, 0.29) is 34.3 Å². The van der Waals surface area contributed by atoms with E-state index >= 15 is 0 Å². The van der Waals surface area contributed by atoms with Gasteiger partial charge >= 0.3 is 0 Å². The summed E-state index contributed by atoms with van der Waals surface area (Å²) in [6, 6.07) is 12.0. The third-order valence-electron chi connectivity index (χ3n) is 5.78. The second-order valence-corrected chi connectivity index (χ2v) is 13.0. The minimum atomic E-state index is -3.70. The molecule has 170 valence electrons. The smallest absolute Gasteiger partial charge is 0.208 e. The van der Waals surface area contributed by atoms with Gasteiger partial charge in [-0.1, -0.05) is 50.6 Å². The zero-order chi connectivity index (χ0) is 23.0. The fraction of sp³-hybridized carbons (Fsp3) is 0.478. The maximum absolute atomic E-state index is 13.1. The first kappa shape index (κ1) is 23.9. The van der Waals surface area contributed by atoms with Crippen molar-refractivity contribution in [3.05, 3.63) is 59.2 Å². The molecule has 1 aliphatic rings. The number of hydrogen-bond donors (Lipinski definition) is 1. The number of sulfonamides is 2. The van der Waals surface area contributed by atoms with E-state index in [2.05, 4.69) is 4.72 Å². The lowest BCUT2D eigenvalue weighted by atomic mass is 9.87. The van der Waals surface area contributed by atoms with Gasteiger partial charge < -0.3 is 0 Å². The summed E-state index contributed by atoms with van der Waals surface area (Å²) in [5.41, 5.74) is 2.49. The Labute approximate surface area is 186 Å².